The number of nitro benzene ring substituents is 1. The molecule has 166 valence electrons. The van der Waals surface area contributed by atoms with Crippen LogP contribution in [0, 0.1) is 30.9 Å². The highest BCUT2D eigenvalue weighted by Gasteiger charge is 2.16. The number of non-ortho nitro benzene ring substituents is 1. The van der Waals surface area contributed by atoms with Gasteiger partial charge in [-0.25, -0.2) is 4.98 Å². The summed E-state index contributed by atoms with van der Waals surface area (Å²) in [6.45, 7) is 5.91. The van der Waals surface area contributed by atoms with Crippen LogP contribution in [0.15, 0.2) is 59.0 Å². The summed E-state index contributed by atoms with van der Waals surface area (Å²) in [4.78, 5) is 27.3. The number of rotatable bonds is 4. The number of fused-ring (bicyclic) bond motifs is 1. The molecule has 8 nitrogen and oxygen atoms in total. The molecule has 33 heavy (non-hydrogen) atoms. The van der Waals surface area contributed by atoms with E-state index in [2.05, 4.69) is 15.6 Å². The molecule has 1 heterocycles. The van der Waals surface area contributed by atoms with Gasteiger partial charge in [-0.3, -0.25) is 20.2 Å². The first-order valence-corrected chi connectivity index (χ1v) is 10.5. The zero-order chi connectivity index (χ0) is 23.7. The zero-order valence-electron chi connectivity index (χ0n) is 18.1. The lowest BCUT2D eigenvalue weighted by atomic mass is 10.1. The van der Waals surface area contributed by atoms with Gasteiger partial charge in [0.25, 0.3) is 11.6 Å². The average Bonchev–Trinajstić information content (AvgIpc) is 3.19. The lowest BCUT2D eigenvalue weighted by Gasteiger charge is -2.13. The summed E-state index contributed by atoms with van der Waals surface area (Å²) in [7, 11) is 0. The fourth-order valence-electron chi connectivity index (χ4n) is 3.56. The highest BCUT2D eigenvalue weighted by Crippen LogP contribution is 2.32. The fourth-order valence-corrected chi connectivity index (χ4v) is 3.76. The van der Waals surface area contributed by atoms with Crippen LogP contribution in [0.4, 0.5) is 11.4 Å². The summed E-state index contributed by atoms with van der Waals surface area (Å²) in [6, 6.07) is 14.9. The quantitative estimate of drug-likeness (QED) is 0.236. The molecular formula is C24H20N4O4S. The number of nitro groups is 1. The maximum absolute atomic E-state index is 12.4. The summed E-state index contributed by atoms with van der Waals surface area (Å²) in [5.74, 6) is 0.0293. The Labute approximate surface area is 194 Å². The highest BCUT2D eigenvalue weighted by molar-refractivity contribution is 7.80. The average molecular weight is 461 g/mol. The maximum atomic E-state index is 12.4. The molecule has 0 bridgehead atoms. The topological polar surface area (TPSA) is 110 Å². The minimum atomic E-state index is -0.525. The van der Waals surface area contributed by atoms with Crippen molar-refractivity contribution in [2.45, 2.75) is 20.8 Å². The van der Waals surface area contributed by atoms with Crippen LogP contribution in [0.25, 0.3) is 22.6 Å². The zero-order valence-corrected chi connectivity index (χ0v) is 18.9. The van der Waals surface area contributed by atoms with Crippen molar-refractivity contribution in [1.29, 1.82) is 0 Å². The van der Waals surface area contributed by atoms with Crippen molar-refractivity contribution in [3.8, 4) is 11.5 Å². The number of carbonyl (C=O) groups excluding carboxylic acids is 1. The molecule has 4 aromatic rings. The van der Waals surface area contributed by atoms with E-state index in [9.17, 15) is 14.9 Å². The molecule has 0 atom stereocenters. The number of hydrogen-bond acceptors (Lipinski definition) is 6. The lowest BCUT2D eigenvalue weighted by Crippen LogP contribution is -2.34. The Bertz CT molecular complexity index is 1410. The van der Waals surface area contributed by atoms with Gasteiger partial charge in [-0.2, -0.15) is 0 Å². The molecule has 4 rings (SSSR count). The number of nitrogens with one attached hydrogen (secondary N) is 2. The van der Waals surface area contributed by atoms with E-state index < -0.39 is 10.8 Å². The SMILES string of the molecule is Cc1cc(C)c2oc(-c3cccc(NC(=S)NC(=O)c4ccc([N+](=O)[O-])cc4)c3C)nc2c1. The van der Waals surface area contributed by atoms with Crippen molar-refractivity contribution < 1.29 is 14.1 Å². The molecule has 1 aromatic heterocycles. The molecule has 0 saturated heterocycles. The number of amides is 1. The fraction of sp³-hybridized carbons (Fsp3) is 0.125. The first-order chi connectivity index (χ1) is 15.7. The van der Waals surface area contributed by atoms with Gasteiger partial charge in [0.15, 0.2) is 10.7 Å². The molecule has 9 heteroatoms. The third-order valence-electron chi connectivity index (χ3n) is 5.20. The predicted molar refractivity (Wildman–Crippen MR) is 130 cm³/mol. The molecule has 0 radical (unpaired) electrons. The molecule has 1 amide bonds. The van der Waals surface area contributed by atoms with Crippen LogP contribution in [0.5, 0.6) is 0 Å². The number of hydrogen-bond donors (Lipinski definition) is 2. The van der Waals surface area contributed by atoms with Gasteiger partial charge in [0.05, 0.1) is 4.92 Å². The minimum absolute atomic E-state index is 0.0933. The Hall–Kier alpha value is -4.11. The van der Waals surface area contributed by atoms with E-state index in [0.29, 0.717) is 11.6 Å². The monoisotopic (exact) mass is 460 g/mol. The van der Waals surface area contributed by atoms with Crippen molar-refractivity contribution in [3.05, 3.63) is 87.0 Å². The Balaban J connectivity index is 1.53. The first kappa shape index (κ1) is 22.1. The highest BCUT2D eigenvalue weighted by atomic mass is 32.1. The smallest absolute Gasteiger partial charge is 0.269 e. The molecule has 0 saturated carbocycles. The predicted octanol–water partition coefficient (Wildman–Crippen LogP) is 5.46. The molecule has 0 fully saturated rings. The van der Waals surface area contributed by atoms with Gasteiger partial charge in [0, 0.05) is 28.9 Å². The molecule has 0 aliphatic rings. The van der Waals surface area contributed by atoms with E-state index in [-0.39, 0.29) is 16.4 Å². The Kier molecular flexibility index (Phi) is 5.89. The van der Waals surface area contributed by atoms with Gasteiger partial charge in [0.2, 0.25) is 5.89 Å². The van der Waals surface area contributed by atoms with E-state index in [1.165, 1.54) is 24.3 Å². The number of aromatic nitrogens is 1. The number of anilines is 1. The summed E-state index contributed by atoms with van der Waals surface area (Å²) < 4.78 is 6.04. The van der Waals surface area contributed by atoms with E-state index in [1.807, 2.05) is 51.1 Å². The van der Waals surface area contributed by atoms with Crippen LogP contribution in [0.2, 0.25) is 0 Å². The molecule has 3 aromatic carbocycles. The molecule has 2 N–H and O–H groups in total. The first-order valence-electron chi connectivity index (χ1n) is 10.1. The van der Waals surface area contributed by atoms with Crippen molar-refractivity contribution in [1.82, 2.24) is 10.3 Å². The Morgan fingerprint density at radius 2 is 1.82 bits per heavy atom. The van der Waals surface area contributed by atoms with Gasteiger partial charge in [-0.15, -0.1) is 0 Å². The second-order valence-corrected chi connectivity index (χ2v) is 8.05. The van der Waals surface area contributed by atoms with E-state index in [1.54, 1.807) is 0 Å². The van der Waals surface area contributed by atoms with Gasteiger partial charge < -0.3 is 9.73 Å². The van der Waals surface area contributed by atoms with Crippen molar-refractivity contribution >= 4 is 45.7 Å². The number of aryl methyl sites for hydroxylation is 2. The van der Waals surface area contributed by atoms with Gasteiger partial charge in [-0.1, -0.05) is 12.1 Å². The molecule has 0 aliphatic carbocycles. The second-order valence-electron chi connectivity index (χ2n) is 7.64. The summed E-state index contributed by atoms with van der Waals surface area (Å²) in [5.41, 5.74) is 6.19. The normalized spacial score (nSPS) is 10.8. The standard InChI is InChI=1S/C24H20N4O4S/c1-13-11-14(2)21-20(12-13)25-23(32-21)18-5-4-6-19(15(18)3)26-24(33)27-22(29)16-7-9-17(10-8-16)28(30)31/h4-12H,1-3H3,(H2,26,27,29,33). The molecular weight excluding hydrogens is 440 g/mol. The largest absolute Gasteiger partial charge is 0.436 e. The molecule has 0 aliphatic heterocycles. The number of carbonyl (C=O) groups is 1. The van der Waals surface area contributed by atoms with Crippen molar-refractivity contribution in [2.75, 3.05) is 5.32 Å². The van der Waals surface area contributed by atoms with Crippen molar-refractivity contribution in [2.24, 2.45) is 0 Å². The van der Waals surface area contributed by atoms with E-state index in [0.717, 1.165) is 33.4 Å². The summed E-state index contributed by atoms with van der Waals surface area (Å²) in [5, 5.41) is 16.5. The second kappa shape index (κ2) is 8.79. The number of nitrogens with zero attached hydrogens (tertiary/aromatic N) is 2. The van der Waals surface area contributed by atoms with Gasteiger partial charge in [-0.05, 0) is 80.0 Å². The van der Waals surface area contributed by atoms with Crippen LogP contribution in [0.1, 0.15) is 27.0 Å². The Morgan fingerprint density at radius 1 is 1.09 bits per heavy atom. The van der Waals surface area contributed by atoms with E-state index in [4.69, 9.17) is 16.6 Å². The van der Waals surface area contributed by atoms with Gasteiger partial charge >= 0.3 is 0 Å². The molecule has 0 spiro atoms. The van der Waals surface area contributed by atoms with Crippen LogP contribution < -0.4 is 10.6 Å². The third kappa shape index (κ3) is 4.58. The van der Waals surface area contributed by atoms with Gasteiger partial charge in [0.1, 0.15) is 5.52 Å². The van der Waals surface area contributed by atoms with Crippen LogP contribution >= 0.6 is 12.2 Å². The third-order valence-corrected chi connectivity index (χ3v) is 5.40. The Morgan fingerprint density at radius 3 is 2.52 bits per heavy atom. The number of thiocarbonyl (C=S) groups is 1. The lowest BCUT2D eigenvalue weighted by molar-refractivity contribution is -0.384. The number of oxazole rings is 1. The van der Waals surface area contributed by atoms with E-state index >= 15 is 0 Å². The maximum Gasteiger partial charge on any atom is 0.269 e. The minimum Gasteiger partial charge on any atom is -0.436 e. The van der Waals surface area contributed by atoms with Crippen LogP contribution in [-0.2, 0) is 0 Å². The van der Waals surface area contributed by atoms with Crippen LogP contribution in [0.3, 0.4) is 0 Å². The van der Waals surface area contributed by atoms with Crippen molar-refractivity contribution in [3.63, 3.8) is 0 Å². The van der Waals surface area contributed by atoms with Crippen LogP contribution in [-0.4, -0.2) is 20.9 Å². The number of benzene rings is 3. The molecule has 0 unspecified atom stereocenters. The summed E-state index contributed by atoms with van der Waals surface area (Å²) >= 11 is 5.29. The summed E-state index contributed by atoms with van der Waals surface area (Å²) in [6.07, 6.45) is 0.